The van der Waals surface area contributed by atoms with Crippen molar-refractivity contribution in [2.45, 2.75) is 18.7 Å². The third-order valence-corrected chi connectivity index (χ3v) is 4.68. The van der Waals surface area contributed by atoms with Crippen LogP contribution in [0.5, 0.6) is 0 Å². The van der Waals surface area contributed by atoms with E-state index in [-0.39, 0.29) is 13.1 Å². The second kappa shape index (κ2) is 6.31. The number of rotatable bonds is 6. The highest BCUT2D eigenvalue weighted by Gasteiger charge is 2.33. The SMILES string of the molecule is CC(C(=O)O)S(=O)(=O)N(CC#N)Cc1ccccc1. The smallest absolute Gasteiger partial charge is 0.323 e. The Kier molecular flexibility index (Phi) is 5.03. The minimum atomic E-state index is -4.05. The molecule has 0 aliphatic rings. The van der Waals surface area contributed by atoms with Gasteiger partial charge in [-0.05, 0) is 12.5 Å². The van der Waals surface area contributed by atoms with Crippen LogP contribution >= 0.6 is 0 Å². The lowest BCUT2D eigenvalue weighted by molar-refractivity contribution is -0.136. The summed E-state index contributed by atoms with van der Waals surface area (Å²) in [6.45, 7) is 0.691. The highest BCUT2D eigenvalue weighted by molar-refractivity contribution is 7.90. The minimum Gasteiger partial charge on any atom is -0.480 e. The Morgan fingerprint density at radius 1 is 1.42 bits per heavy atom. The molecule has 0 radical (unpaired) electrons. The van der Waals surface area contributed by atoms with Crippen molar-refractivity contribution >= 4 is 16.0 Å². The molecule has 0 saturated carbocycles. The van der Waals surface area contributed by atoms with Crippen LogP contribution < -0.4 is 0 Å². The second-order valence-corrected chi connectivity index (χ2v) is 6.19. The Hall–Kier alpha value is -1.91. The minimum absolute atomic E-state index is 0.0195. The van der Waals surface area contributed by atoms with E-state index in [2.05, 4.69) is 0 Å². The molecule has 1 rings (SSSR count). The number of carboxylic acid groups (broad SMARTS) is 1. The summed E-state index contributed by atoms with van der Waals surface area (Å²) in [4.78, 5) is 10.8. The van der Waals surface area contributed by atoms with Crippen molar-refractivity contribution in [1.82, 2.24) is 4.31 Å². The molecular formula is C12H14N2O4S. The van der Waals surface area contributed by atoms with Crippen LogP contribution in [0.15, 0.2) is 30.3 Å². The molecule has 1 aromatic carbocycles. The lowest BCUT2D eigenvalue weighted by Gasteiger charge is -2.21. The van der Waals surface area contributed by atoms with E-state index >= 15 is 0 Å². The van der Waals surface area contributed by atoms with Gasteiger partial charge in [0.15, 0.2) is 5.25 Å². The number of hydrogen-bond acceptors (Lipinski definition) is 4. The monoisotopic (exact) mass is 282 g/mol. The van der Waals surface area contributed by atoms with Gasteiger partial charge >= 0.3 is 5.97 Å². The summed E-state index contributed by atoms with van der Waals surface area (Å²) in [5, 5.41) is 15.9. The third-order valence-electron chi connectivity index (χ3n) is 2.60. The average Bonchev–Trinajstić information content (AvgIpc) is 2.38. The molecule has 0 spiro atoms. The molecule has 1 N–H and O–H groups in total. The second-order valence-electron chi connectivity index (χ2n) is 3.94. The summed E-state index contributed by atoms with van der Waals surface area (Å²) >= 11 is 0. The van der Waals surface area contributed by atoms with Crippen molar-refractivity contribution in [1.29, 1.82) is 5.26 Å². The van der Waals surface area contributed by atoms with E-state index in [1.165, 1.54) is 0 Å². The fraction of sp³-hybridized carbons (Fsp3) is 0.333. The van der Waals surface area contributed by atoms with E-state index in [1.807, 2.05) is 0 Å². The van der Waals surface area contributed by atoms with E-state index in [9.17, 15) is 13.2 Å². The topological polar surface area (TPSA) is 98.5 Å². The lowest BCUT2D eigenvalue weighted by Crippen LogP contribution is -2.41. The maximum atomic E-state index is 12.1. The molecule has 1 unspecified atom stereocenters. The maximum absolute atomic E-state index is 12.1. The van der Waals surface area contributed by atoms with Crippen LogP contribution in [0.4, 0.5) is 0 Å². The zero-order chi connectivity index (χ0) is 14.5. The van der Waals surface area contributed by atoms with E-state index in [1.54, 1.807) is 36.4 Å². The summed E-state index contributed by atoms with van der Waals surface area (Å²) in [5.41, 5.74) is 0.693. The summed E-state index contributed by atoms with van der Waals surface area (Å²) in [5.74, 6) is -1.43. The van der Waals surface area contributed by atoms with Crippen LogP contribution in [-0.4, -0.2) is 35.6 Å². The molecule has 6 nitrogen and oxygen atoms in total. The normalized spacial score (nSPS) is 12.9. The fourth-order valence-electron chi connectivity index (χ4n) is 1.45. The number of aliphatic carboxylic acids is 1. The van der Waals surface area contributed by atoms with Crippen LogP contribution in [-0.2, 0) is 21.4 Å². The molecule has 0 fully saturated rings. The molecule has 102 valence electrons. The van der Waals surface area contributed by atoms with Gasteiger partial charge in [-0.2, -0.15) is 9.57 Å². The lowest BCUT2D eigenvalue weighted by atomic mass is 10.2. The van der Waals surface area contributed by atoms with Crippen LogP contribution in [0.3, 0.4) is 0 Å². The highest BCUT2D eigenvalue weighted by atomic mass is 32.2. The molecule has 0 bridgehead atoms. The van der Waals surface area contributed by atoms with E-state index in [4.69, 9.17) is 10.4 Å². The molecule has 0 aromatic heterocycles. The molecule has 0 heterocycles. The largest absolute Gasteiger partial charge is 0.480 e. The maximum Gasteiger partial charge on any atom is 0.323 e. The van der Waals surface area contributed by atoms with Gasteiger partial charge in [0, 0.05) is 6.54 Å². The van der Waals surface area contributed by atoms with Crippen LogP contribution in [0, 0.1) is 11.3 Å². The van der Waals surface area contributed by atoms with Gasteiger partial charge in [-0.1, -0.05) is 30.3 Å². The quantitative estimate of drug-likeness (QED) is 0.779. The summed E-state index contributed by atoms with van der Waals surface area (Å²) in [7, 11) is -4.05. The Labute approximate surface area is 111 Å². The van der Waals surface area contributed by atoms with E-state index in [0.717, 1.165) is 11.2 Å². The Morgan fingerprint density at radius 3 is 2.47 bits per heavy atom. The number of hydrogen-bond donors (Lipinski definition) is 1. The van der Waals surface area contributed by atoms with Gasteiger partial charge in [-0.3, -0.25) is 4.79 Å². The Bertz CT molecular complexity index is 577. The number of benzene rings is 1. The average molecular weight is 282 g/mol. The first-order chi connectivity index (χ1) is 8.89. The van der Waals surface area contributed by atoms with E-state index in [0.29, 0.717) is 5.56 Å². The number of sulfonamides is 1. The molecular weight excluding hydrogens is 268 g/mol. The van der Waals surface area contributed by atoms with Crippen LogP contribution in [0.1, 0.15) is 12.5 Å². The Balaban J connectivity index is 3.02. The third kappa shape index (κ3) is 3.77. The summed E-state index contributed by atoms with van der Waals surface area (Å²) < 4.78 is 25.0. The standard InChI is InChI=1S/C12H14N2O4S/c1-10(12(15)16)19(17,18)14(8-7-13)9-11-5-3-2-4-6-11/h2-6,10H,8-9H2,1H3,(H,15,16). The van der Waals surface area contributed by atoms with Gasteiger partial charge < -0.3 is 5.11 Å². The van der Waals surface area contributed by atoms with Crippen molar-refractivity contribution in [3.8, 4) is 6.07 Å². The molecule has 0 saturated heterocycles. The van der Waals surface area contributed by atoms with Crippen molar-refractivity contribution in [2.75, 3.05) is 6.54 Å². The predicted octanol–water partition coefficient (Wildman–Crippen LogP) is 0.815. The fourth-order valence-corrected chi connectivity index (χ4v) is 2.72. The van der Waals surface area contributed by atoms with Gasteiger partial charge in [-0.15, -0.1) is 0 Å². The van der Waals surface area contributed by atoms with E-state index < -0.39 is 21.2 Å². The van der Waals surface area contributed by atoms with Gasteiger partial charge in [0.25, 0.3) is 0 Å². The van der Waals surface area contributed by atoms with Gasteiger partial charge in [0.05, 0.1) is 6.07 Å². The number of carbonyl (C=O) groups is 1. The zero-order valence-electron chi connectivity index (χ0n) is 10.4. The van der Waals surface area contributed by atoms with Crippen molar-refractivity contribution in [2.24, 2.45) is 0 Å². The molecule has 0 aliphatic carbocycles. The first-order valence-electron chi connectivity index (χ1n) is 5.52. The summed E-state index contributed by atoms with van der Waals surface area (Å²) in [6, 6.07) is 10.4. The van der Waals surface area contributed by atoms with Crippen molar-refractivity contribution in [3.05, 3.63) is 35.9 Å². The molecule has 19 heavy (non-hydrogen) atoms. The van der Waals surface area contributed by atoms with Crippen molar-refractivity contribution in [3.63, 3.8) is 0 Å². The number of nitriles is 1. The molecule has 1 atom stereocenters. The number of nitrogens with zero attached hydrogens (tertiary/aromatic N) is 2. The first kappa shape index (κ1) is 15.1. The van der Waals surface area contributed by atoms with Crippen LogP contribution in [0.2, 0.25) is 0 Å². The van der Waals surface area contributed by atoms with Crippen LogP contribution in [0.25, 0.3) is 0 Å². The van der Waals surface area contributed by atoms with Gasteiger partial charge in [0.1, 0.15) is 6.54 Å². The number of carboxylic acids is 1. The zero-order valence-corrected chi connectivity index (χ0v) is 11.2. The summed E-state index contributed by atoms with van der Waals surface area (Å²) in [6.07, 6.45) is 0. The van der Waals surface area contributed by atoms with Gasteiger partial charge in [0.2, 0.25) is 10.0 Å². The Morgan fingerprint density at radius 2 is 2.00 bits per heavy atom. The predicted molar refractivity (Wildman–Crippen MR) is 68.5 cm³/mol. The van der Waals surface area contributed by atoms with Crippen molar-refractivity contribution < 1.29 is 18.3 Å². The molecule has 1 aromatic rings. The molecule has 0 amide bonds. The first-order valence-corrected chi connectivity index (χ1v) is 7.02. The molecule has 7 heteroatoms. The highest BCUT2D eigenvalue weighted by Crippen LogP contribution is 2.13. The molecule has 0 aliphatic heterocycles. The van der Waals surface area contributed by atoms with Gasteiger partial charge in [-0.25, -0.2) is 8.42 Å².